The number of thioether (sulfide) groups is 1. The topological polar surface area (TPSA) is 76.1 Å². The molecule has 2 heterocycles. The largest absolute Gasteiger partial charge is 0.376 e. The minimum Gasteiger partial charge on any atom is -0.376 e. The minimum atomic E-state index is 0.0998. The van der Waals surface area contributed by atoms with Gasteiger partial charge in [-0.05, 0) is 31.6 Å². The molecule has 8 heteroatoms. The van der Waals surface area contributed by atoms with Crippen LogP contribution in [0.15, 0.2) is 4.34 Å². The zero-order valence-electron chi connectivity index (χ0n) is 14.1. The highest BCUT2D eigenvalue weighted by Gasteiger charge is 2.23. The number of carbonyl (C=O) groups excluding carboxylic acids is 1. The van der Waals surface area contributed by atoms with Crippen molar-refractivity contribution in [2.24, 2.45) is 5.92 Å². The smallest absolute Gasteiger partial charge is 0.230 e. The molecular formula is C16H26N4O2S2. The Labute approximate surface area is 151 Å². The fraction of sp³-hybridized carbons (Fsp3) is 0.812. The van der Waals surface area contributed by atoms with E-state index in [9.17, 15) is 4.79 Å². The number of carbonyl (C=O) groups is 1. The van der Waals surface area contributed by atoms with Gasteiger partial charge in [0, 0.05) is 19.2 Å². The number of amides is 1. The molecule has 3 rings (SSSR count). The van der Waals surface area contributed by atoms with Crippen LogP contribution in [0.5, 0.6) is 0 Å². The Hall–Kier alpha value is -0.860. The Morgan fingerprint density at radius 2 is 2.17 bits per heavy atom. The number of hydrogen-bond donors (Lipinski definition) is 2. The van der Waals surface area contributed by atoms with Crippen molar-refractivity contribution < 1.29 is 9.53 Å². The van der Waals surface area contributed by atoms with Gasteiger partial charge >= 0.3 is 0 Å². The maximum Gasteiger partial charge on any atom is 0.230 e. The fourth-order valence-electron chi connectivity index (χ4n) is 3.25. The van der Waals surface area contributed by atoms with Crippen molar-refractivity contribution in [1.29, 1.82) is 0 Å². The van der Waals surface area contributed by atoms with Gasteiger partial charge in [-0.15, -0.1) is 10.2 Å². The highest BCUT2D eigenvalue weighted by atomic mass is 32.2. The van der Waals surface area contributed by atoms with E-state index < -0.39 is 0 Å². The van der Waals surface area contributed by atoms with Gasteiger partial charge in [0.05, 0.1) is 11.9 Å². The van der Waals surface area contributed by atoms with Crippen molar-refractivity contribution in [3.05, 3.63) is 0 Å². The van der Waals surface area contributed by atoms with Crippen LogP contribution in [0.1, 0.15) is 45.4 Å². The summed E-state index contributed by atoms with van der Waals surface area (Å²) in [5.41, 5.74) is 0. The van der Waals surface area contributed by atoms with Gasteiger partial charge in [0.15, 0.2) is 4.34 Å². The molecule has 3 atom stereocenters. The fourth-order valence-corrected chi connectivity index (χ4v) is 4.82. The highest BCUT2D eigenvalue weighted by molar-refractivity contribution is 8.01. The van der Waals surface area contributed by atoms with Crippen LogP contribution in [0.3, 0.4) is 0 Å². The third-order valence-electron chi connectivity index (χ3n) is 4.70. The quantitative estimate of drug-likeness (QED) is 0.719. The Bertz CT molecular complexity index is 534. The lowest BCUT2D eigenvalue weighted by atomic mass is 9.86. The molecule has 1 saturated heterocycles. The molecule has 24 heavy (non-hydrogen) atoms. The van der Waals surface area contributed by atoms with Gasteiger partial charge in [0.1, 0.15) is 0 Å². The number of ether oxygens (including phenoxy) is 1. The maximum absolute atomic E-state index is 12.1. The van der Waals surface area contributed by atoms with Crippen molar-refractivity contribution in [1.82, 2.24) is 15.5 Å². The maximum atomic E-state index is 12.1. The van der Waals surface area contributed by atoms with E-state index in [-0.39, 0.29) is 12.0 Å². The molecule has 2 fully saturated rings. The Balaban J connectivity index is 1.37. The molecule has 1 saturated carbocycles. The van der Waals surface area contributed by atoms with E-state index in [1.165, 1.54) is 42.4 Å². The number of nitrogens with one attached hydrogen (secondary N) is 2. The first-order valence-corrected chi connectivity index (χ1v) is 10.6. The molecule has 1 aromatic heterocycles. The average molecular weight is 371 g/mol. The lowest BCUT2D eigenvalue weighted by molar-refractivity contribution is -0.119. The van der Waals surface area contributed by atoms with Gasteiger partial charge in [-0.3, -0.25) is 4.79 Å². The van der Waals surface area contributed by atoms with E-state index in [2.05, 4.69) is 27.8 Å². The standard InChI is InChI=1S/C16H26N4O2S2/c1-11-5-2-3-7-13(11)18-14(21)10-23-16-20-19-15(24-16)17-9-12-6-4-8-22-12/h11-13H,2-10H2,1H3,(H,17,19)(H,18,21)/t11-,12-,13+/m1/s1. The second-order valence-electron chi connectivity index (χ2n) is 6.61. The molecule has 0 bridgehead atoms. The van der Waals surface area contributed by atoms with Crippen molar-refractivity contribution in [2.75, 3.05) is 24.2 Å². The van der Waals surface area contributed by atoms with Crippen molar-refractivity contribution in [3.8, 4) is 0 Å². The van der Waals surface area contributed by atoms with Crippen LogP contribution in [0.2, 0.25) is 0 Å². The highest BCUT2D eigenvalue weighted by Crippen LogP contribution is 2.27. The van der Waals surface area contributed by atoms with Crippen LogP contribution in [0.4, 0.5) is 5.13 Å². The summed E-state index contributed by atoms with van der Waals surface area (Å²) in [5.74, 6) is 1.09. The number of rotatable bonds is 7. The van der Waals surface area contributed by atoms with Crippen molar-refractivity contribution in [3.63, 3.8) is 0 Å². The predicted octanol–water partition coefficient (Wildman–Crippen LogP) is 2.92. The summed E-state index contributed by atoms with van der Waals surface area (Å²) in [7, 11) is 0. The minimum absolute atomic E-state index is 0.0998. The van der Waals surface area contributed by atoms with E-state index in [1.807, 2.05) is 0 Å². The summed E-state index contributed by atoms with van der Waals surface area (Å²) in [6, 6.07) is 0.338. The van der Waals surface area contributed by atoms with Crippen molar-refractivity contribution >= 4 is 34.1 Å². The summed E-state index contributed by atoms with van der Waals surface area (Å²) in [5, 5.41) is 15.5. The van der Waals surface area contributed by atoms with E-state index in [0.29, 0.717) is 17.7 Å². The summed E-state index contributed by atoms with van der Waals surface area (Å²) in [6.07, 6.45) is 7.36. The zero-order chi connectivity index (χ0) is 16.8. The zero-order valence-corrected chi connectivity index (χ0v) is 15.8. The number of hydrogen-bond acceptors (Lipinski definition) is 7. The lowest BCUT2D eigenvalue weighted by Crippen LogP contribution is -2.41. The second kappa shape index (κ2) is 9.01. The van der Waals surface area contributed by atoms with Crippen LogP contribution in [0, 0.1) is 5.92 Å². The molecule has 2 aliphatic rings. The molecule has 0 spiro atoms. The molecule has 0 unspecified atom stereocenters. The van der Waals surface area contributed by atoms with Gasteiger partial charge < -0.3 is 15.4 Å². The third-order valence-corrected chi connectivity index (χ3v) is 6.71. The lowest BCUT2D eigenvalue weighted by Gasteiger charge is -2.29. The Kier molecular flexibility index (Phi) is 6.74. The predicted molar refractivity (Wildman–Crippen MR) is 97.7 cm³/mol. The van der Waals surface area contributed by atoms with E-state index in [0.717, 1.165) is 41.9 Å². The molecule has 1 aromatic rings. The number of aromatic nitrogens is 2. The summed E-state index contributed by atoms with van der Waals surface area (Å²) in [6.45, 7) is 3.87. The molecular weight excluding hydrogens is 344 g/mol. The van der Waals surface area contributed by atoms with Gasteiger partial charge in [-0.2, -0.15) is 0 Å². The summed E-state index contributed by atoms with van der Waals surface area (Å²) >= 11 is 2.96. The van der Waals surface area contributed by atoms with E-state index >= 15 is 0 Å². The first-order chi connectivity index (χ1) is 11.7. The molecule has 1 aliphatic heterocycles. The molecule has 2 N–H and O–H groups in total. The first kappa shape index (κ1) is 17.9. The third kappa shape index (κ3) is 5.32. The van der Waals surface area contributed by atoms with Crippen LogP contribution in [-0.2, 0) is 9.53 Å². The number of nitrogens with zero attached hydrogens (tertiary/aromatic N) is 2. The monoisotopic (exact) mass is 370 g/mol. The van der Waals surface area contributed by atoms with Crippen LogP contribution in [-0.4, -0.2) is 47.2 Å². The average Bonchev–Trinajstić information content (AvgIpc) is 3.25. The summed E-state index contributed by atoms with van der Waals surface area (Å²) < 4.78 is 6.41. The van der Waals surface area contributed by atoms with Gasteiger partial charge in [0.25, 0.3) is 0 Å². The second-order valence-corrected chi connectivity index (χ2v) is 8.81. The van der Waals surface area contributed by atoms with Crippen LogP contribution < -0.4 is 10.6 Å². The summed E-state index contributed by atoms with van der Waals surface area (Å²) in [4.78, 5) is 12.1. The SMILES string of the molecule is C[C@@H]1CCCC[C@@H]1NC(=O)CSc1nnc(NC[C@H]2CCCO2)s1. The normalized spacial score (nSPS) is 27.1. The van der Waals surface area contributed by atoms with E-state index in [4.69, 9.17) is 4.74 Å². The molecule has 6 nitrogen and oxygen atoms in total. The first-order valence-electron chi connectivity index (χ1n) is 8.82. The number of anilines is 1. The van der Waals surface area contributed by atoms with Crippen LogP contribution in [0.25, 0.3) is 0 Å². The molecule has 0 radical (unpaired) electrons. The molecule has 134 valence electrons. The Morgan fingerprint density at radius 3 is 2.96 bits per heavy atom. The molecule has 1 amide bonds. The Morgan fingerprint density at radius 1 is 1.29 bits per heavy atom. The van der Waals surface area contributed by atoms with Gasteiger partial charge in [-0.1, -0.05) is 42.9 Å². The molecule has 0 aromatic carbocycles. The van der Waals surface area contributed by atoms with Crippen LogP contribution >= 0.6 is 23.1 Å². The van der Waals surface area contributed by atoms with Crippen molar-refractivity contribution in [2.45, 2.75) is 61.9 Å². The van der Waals surface area contributed by atoms with Gasteiger partial charge in [0.2, 0.25) is 11.0 Å². The van der Waals surface area contributed by atoms with Gasteiger partial charge in [-0.25, -0.2) is 0 Å². The molecule has 1 aliphatic carbocycles. The van der Waals surface area contributed by atoms with E-state index in [1.54, 1.807) is 0 Å².